The number of aromatic carboxylic acids is 1. The van der Waals surface area contributed by atoms with Crippen LogP contribution < -0.4 is 5.32 Å². The van der Waals surface area contributed by atoms with Crippen LogP contribution in [0.25, 0.3) is 0 Å². The molecule has 0 aromatic carbocycles. The molecule has 2 aromatic heterocycles. The molecule has 0 aliphatic carbocycles. The third-order valence-electron chi connectivity index (χ3n) is 2.55. The fourth-order valence-electron chi connectivity index (χ4n) is 1.55. The van der Waals surface area contributed by atoms with Crippen molar-refractivity contribution in [1.29, 1.82) is 0 Å². The van der Waals surface area contributed by atoms with Gasteiger partial charge in [0.25, 0.3) is 5.69 Å². The summed E-state index contributed by atoms with van der Waals surface area (Å²) >= 11 is 5.87. The van der Waals surface area contributed by atoms with Crippen molar-refractivity contribution < 1.29 is 14.8 Å². The predicted molar refractivity (Wildman–Crippen MR) is 73.6 cm³/mol. The summed E-state index contributed by atoms with van der Waals surface area (Å²) in [6.07, 6.45) is 3.90. The Hall–Kier alpha value is -2.68. The highest BCUT2D eigenvalue weighted by molar-refractivity contribution is 6.33. The van der Waals surface area contributed by atoms with Gasteiger partial charge >= 0.3 is 5.97 Å². The van der Waals surface area contributed by atoms with Crippen LogP contribution in [-0.4, -0.2) is 37.1 Å². The van der Waals surface area contributed by atoms with Gasteiger partial charge in [-0.25, -0.2) is 14.8 Å². The molecule has 9 nitrogen and oxygen atoms in total. The second kappa shape index (κ2) is 6.18. The van der Waals surface area contributed by atoms with Crippen LogP contribution in [0.15, 0.2) is 24.8 Å². The van der Waals surface area contributed by atoms with Crippen molar-refractivity contribution in [2.45, 2.75) is 6.54 Å². The summed E-state index contributed by atoms with van der Waals surface area (Å²) in [5.41, 5.74) is -0.229. The summed E-state index contributed by atoms with van der Waals surface area (Å²) in [6.45, 7) is 0.842. The molecule has 2 N–H and O–H groups in total. The Labute approximate surface area is 123 Å². The van der Waals surface area contributed by atoms with Crippen molar-refractivity contribution in [3.63, 3.8) is 0 Å². The topological polar surface area (TPSA) is 123 Å². The number of carboxylic acid groups (broad SMARTS) is 1. The maximum atomic E-state index is 10.7. The number of pyridine rings is 1. The van der Waals surface area contributed by atoms with Crippen molar-refractivity contribution in [1.82, 2.24) is 14.5 Å². The first-order valence-corrected chi connectivity index (χ1v) is 6.14. The molecule has 2 heterocycles. The Bertz CT molecular complexity index is 687. The number of hydrogen-bond acceptors (Lipinski definition) is 6. The largest absolute Gasteiger partial charge is 0.476 e. The second-order valence-electron chi connectivity index (χ2n) is 4.01. The quantitative estimate of drug-likeness (QED) is 0.614. The molecular formula is C11H10ClN5O4. The van der Waals surface area contributed by atoms with Crippen LogP contribution in [0.5, 0.6) is 0 Å². The van der Waals surface area contributed by atoms with E-state index in [1.165, 1.54) is 18.6 Å². The minimum absolute atomic E-state index is 0.0403. The van der Waals surface area contributed by atoms with Crippen LogP contribution in [0.4, 0.5) is 11.5 Å². The molecule has 0 amide bonds. The van der Waals surface area contributed by atoms with Crippen LogP contribution in [-0.2, 0) is 6.54 Å². The number of anilines is 1. The second-order valence-corrected chi connectivity index (χ2v) is 4.42. The van der Waals surface area contributed by atoms with Crippen molar-refractivity contribution in [2.75, 3.05) is 11.9 Å². The van der Waals surface area contributed by atoms with E-state index in [0.717, 1.165) is 6.20 Å². The molecule has 0 aliphatic rings. The van der Waals surface area contributed by atoms with E-state index in [1.807, 2.05) is 0 Å². The zero-order valence-corrected chi connectivity index (χ0v) is 11.3. The van der Waals surface area contributed by atoms with E-state index in [1.54, 1.807) is 4.57 Å². The van der Waals surface area contributed by atoms with Crippen LogP contribution in [0.3, 0.4) is 0 Å². The smallest absolute Gasteiger partial charge is 0.356 e. The molecule has 10 heteroatoms. The number of rotatable bonds is 6. The molecule has 2 rings (SSSR count). The standard InChI is InChI=1S/C11H10ClN5O4/c12-8-3-7(17(20)21)4-14-10(8)13-1-2-16-5-9(11(18)19)15-6-16/h3-6H,1-2H2,(H,13,14)(H,18,19). The Morgan fingerprint density at radius 3 is 2.86 bits per heavy atom. The number of imidazole rings is 1. The maximum Gasteiger partial charge on any atom is 0.356 e. The fraction of sp³-hybridized carbons (Fsp3) is 0.182. The van der Waals surface area contributed by atoms with Crippen molar-refractivity contribution in [3.05, 3.63) is 45.6 Å². The lowest BCUT2D eigenvalue weighted by Gasteiger charge is -2.07. The number of carboxylic acids is 1. The van der Waals surface area contributed by atoms with E-state index >= 15 is 0 Å². The van der Waals surface area contributed by atoms with Gasteiger partial charge in [0.05, 0.1) is 16.3 Å². The van der Waals surface area contributed by atoms with Crippen molar-refractivity contribution in [2.24, 2.45) is 0 Å². The molecular weight excluding hydrogens is 302 g/mol. The molecule has 0 aliphatic heterocycles. The average Bonchev–Trinajstić information content (AvgIpc) is 2.89. The number of halogens is 1. The minimum atomic E-state index is -1.10. The van der Waals surface area contributed by atoms with Gasteiger partial charge in [0.2, 0.25) is 0 Å². The van der Waals surface area contributed by atoms with Crippen molar-refractivity contribution in [3.8, 4) is 0 Å². The van der Waals surface area contributed by atoms with Gasteiger partial charge in [0.1, 0.15) is 12.0 Å². The molecule has 0 radical (unpaired) electrons. The zero-order chi connectivity index (χ0) is 15.4. The lowest BCUT2D eigenvalue weighted by Crippen LogP contribution is -2.10. The third kappa shape index (κ3) is 3.66. The summed E-state index contributed by atoms with van der Waals surface area (Å²) in [5.74, 6) is -0.775. The first-order valence-electron chi connectivity index (χ1n) is 5.76. The number of nitrogens with one attached hydrogen (secondary N) is 1. The molecule has 110 valence electrons. The molecule has 0 fully saturated rings. The molecule has 0 atom stereocenters. The summed E-state index contributed by atoms with van der Waals surface area (Å²) in [4.78, 5) is 28.2. The summed E-state index contributed by atoms with van der Waals surface area (Å²) < 4.78 is 1.59. The monoisotopic (exact) mass is 311 g/mol. The van der Waals surface area contributed by atoms with Crippen molar-refractivity contribution >= 4 is 29.1 Å². The highest BCUT2D eigenvalue weighted by Gasteiger charge is 2.11. The van der Waals surface area contributed by atoms with Gasteiger partial charge in [-0.2, -0.15) is 0 Å². The summed E-state index contributed by atoms with van der Waals surface area (Å²) in [5, 5.41) is 22.3. The van der Waals surface area contributed by atoms with Gasteiger partial charge in [-0.05, 0) is 0 Å². The fourth-order valence-corrected chi connectivity index (χ4v) is 1.78. The highest BCUT2D eigenvalue weighted by Crippen LogP contribution is 2.23. The molecule has 21 heavy (non-hydrogen) atoms. The van der Waals surface area contributed by atoms with Gasteiger partial charge in [-0.15, -0.1) is 0 Å². The molecule has 0 unspecified atom stereocenters. The SMILES string of the molecule is O=C(O)c1cn(CCNc2ncc([N+](=O)[O-])cc2Cl)cn1. The first kappa shape index (κ1) is 14.7. The van der Waals surface area contributed by atoms with Gasteiger partial charge in [0, 0.05) is 25.4 Å². The van der Waals surface area contributed by atoms with E-state index < -0.39 is 10.9 Å². The third-order valence-corrected chi connectivity index (χ3v) is 2.84. The Morgan fingerprint density at radius 1 is 1.52 bits per heavy atom. The Morgan fingerprint density at radius 2 is 2.29 bits per heavy atom. The number of carbonyl (C=O) groups is 1. The van der Waals surface area contributed by atoms with E-state index in [0.29, 0.717) is 18.9 Å². The number of hydrogen-bond donors (Lipinski definition) is 2. The minimum Gasteiger partial charge on any atom is -0.476 e. The van der Waals surface area contributed by atoms with Crippen LogP contribution in [0, 0.1) is 10.1 Å². The molecule has 0 saturated heterocycles. The first-order chi connectivity index (χ1) is 9.97. The van der Waals surface area contributed by atoms with Gasteiger partial charge < -0.3 is 15.0 Å². The Kier molecular flexibility index (Phi) is 4.33. The molecule has 0 bridgehead atoms. The van der Waals surface area contributed by atoms with E-state index in [9.17, 15) is 14.9 Å². The zero-order valence-electron chi connectivity index (χ0n) is 10.6. The maximum absolute atomic E-state index is 10.7. The highest BCUT2D eigenvalue weighted by atomic mass is 35.5. The predicted octanol–water partition coefficient (Wildman–Crippen LogP) is 1.65. The van der Waals surface area contributed by atoms with E-state index in [4.69, 9.17) is 16.7 Å². The lowest BCUT2D eigenvalue weighted by atomic mass is 10.4. The van der Waals surface area contributed by atoms with Gasteiger partial charge in [-0.3, -0.25) is 10.1 Å². The Balaban J connectivity index is 1.93. The van der Waals surface area contributed by atoms with Gasteiger partial charge in [0.15, 0.2) is 5.69 Å². The van der Waals surface area contributed by atoms with E-state index in [2.05, 4.69) is 15.3 Å². The lowest BCUT2D eigenvalue weighted by molar-refractivity contribution is -0.385. The molecule has 0 saturated carbocycles. The molecule has 0 spiro atoms. The molecule has 2 aromatic rings. The average molecular weight is 312 g/mol. The van der Waals surface area contributed by atoms with Gasteiger partial charge in [-0.1, -0.05) is 11.6 Å². The van der Waals surface area contributed by atoms with E-state index in [-0.39, 0.29) is 16.4 Å². The van der Waals surface area contributed by atoms with Crippen LogP contribution in [0.2, 0.25) is 5.02 Å². The number of nitrogens with zero attached hydrogens (tertiary/aromatic N) is 4. The number of nitro groups is 1. The summed E-state index contributed by atoms with van der Waals surface area (Å²) in [6, 6.07) is 1.20. The summed E-state index contributed by atoms with van der Waals surface area (Å²) in [7, 11) is 0. The van der Waals surface area contributed by atoms with Crippen LogP contribution in [0.1, 0.15) is 10.5 Å². The normalized spacial score (nSPS) is 10.3. The van der Waals surface area contributed by atoms with Crippen LogP contribution >= 0.6 is 11.6 Å². The number of aromatic nitrogens is 3.